The molecule has 5 rings (SSSR count). The van der Waals surface area contributed by atoms with Crippen molar-refractivity contribution in [1.82, 2.24) is 9.88 Å². The van der Waals surface area contributed by atoms with Gasteiger partial charge in [0.1, 0.15) is 23.1 Å². The van der Waals surface area contributed by atoms with Crippen molar-refractivity contribution in [2.75, 3.05) is 27.2 Å². The zero-order chi connectivity index (χ0) is 28.6. The lowest BCUT2D eigenvalue weighted by Crippen LogP contribution is -2.48. The summed E-state index contributed by atoms with van der Waals surface area (Å²) in [5.41, 5.74) is 0.402. The van der Waals surface area contributed by atoms with Gasteiger partial charge in [-0.3, -0.25) is 0 Å². The first-order valence-corrected chi connectivity index (χ1v) is 13.5. The van der Waals surface area contributed by atoms with Gasteiger partial charge in [0, 0.05) is 12.0 Å². The van der Waals surface area contributed by atoms with Crippen LogP contribution in [0.3, 0.4) is 0 Å². The van der Waals surface area contributed by atoms with Crippen LogP contribution in [0.2, 0.25) is 0 Å². The van der Waals surface area contributed by atoms with E-state index >= 15 is 0 Å². The lowest BCUT2D eigenvalue weighted by atomic mass is 9.72. The minimum atomic E-state index is -1.41. The number of aromatic nitrogens is 1. The number of nitrogens with zero attached hydrogens (tertiary/aromatic N) is 4. The molecule has 0 saturated heterocycles. The molecule has 3 aromatic rings. The van der Waals surface area contributed by atoms with Crippen LogP contribution < -0.4 is 9.47 Å². The Morgan fingerprint density at radius 1 is 1.05 bits per heavy atom. The van der Waals surface area contributed by atoms with Gasteiger partial charge in [-0.1, -0.05) is 70.2 Å². The highest BCUT2D eigenvalue weighted by Crippen LogP contribution is 2.67. The van der Waals surface area contributed by atoms with Crippen LogP contribution in [0, 0.1) is 22.7 Å². The number of benzene rings is 2. The second-order valence-electron chi connectivity index (χ2n) is 9.38. The van der Waals surface area contributed by atoms with Crippen LogP contribution in [-0.4, -0.2) is 42.2 Å². The molecule has 0 bridgehead atoms. The van der Waals surface area contributed by atoms with Crippen molar-refractivity contribution >= 4 is 0 Å². The van der Waals surface area contributed by atoms with Crippen LogP contribution in [0.4, 0.5) is 0 Å². The summed E-state index contributed by atoms with van der Waals surface area (Å²) >= 11 is 0. The topological polar surface area (TPSA) is 102 Å². The fourth-order valence-corrected chi connectivity index (χ4v) is 5.44. The molecule has 7 nitrogen and oxygen atoms in total. The van der Waals surface area contributed by atoms with Gasteiger partial charge in [0.05, 0.1) is 24.3 Å². The Morgan fingerprint density at radius 2 is 1.69 bits per heavy atom. The molecule has 2 aliphatic rings. The van der Waals surface area contributed by atoms with Crippen LogP contribution in [0.15, 0.2) is 60.7 Å². The largest absolute Gasteiger partial charge is 0.481 e. The van der Waals surface area contributed by atoms with Crippen molar-refractivity contribution in [2.24, 2.45) is 0 Å². The molecule has 3 unspecified atom stereocenters. The fraction of sp³-hybridized carbons (Fsp3) is 0.406. The van der Waals surface area contributed by atoms with Crippen molar-refractivity contribution < 1.29 is 14.6 Å². The molecular formula is C32H38N4O3. The summed E-state index contributed by atoms with van der Waals surface area (Å²) in [6.45, 7) is 10.6. The number of hydrogen-bond donors (Lipinski definition) is 1. The van der Waals surface area contributed by atoms with Crippen molar-refractivity contribution in [3.8, 4) is 23.8 Å². The third kappa shape index (κ3) is 5.21. The van der Waals surface area contributed by atoms with E-state index in [0.29, 0.717) is 29.7 Å². The Bertz CT molecular complexity index is 1330. The molecule has 204 valence electrons. The smallest absolute Gasteiger partial charge is 0.224 e. The quantitative estimate of drug-likeness (QED) is 0.443. The van der Waals surface area contributed by atoms with Gasteiger partial charge in [-0.25, -0.2) is 4.98 Å². The van der Waals surface area contributed by atoms with Gasteiger partial charge in [0.25, 0.3) is 0 Å². The monoisotopic (exact) mass is 526 g/mol. The van der Waals surface area contributed by atoms with Crippen LogP contribution >= 0.6 is 0 Å². The van der Waals surface area contributed by atoms with Gasteiger partial charge in [-0.15, -0.1) is 0 Å². The Kier molecular flexibility index (Phi) is 9.70. The van der Waals surface area contributed by atoms with Gasteiger partial charge in [-0.05, 0) is 56.2 Å². The second-order valence-corrected chi connectivity index (χ2v) is 9.38. The van der Waals surface area contributed by atoms with E-state index in [-0.39, 0.29) is 17.5 Å². The zero-order valence-corrected chi connectivity index (χ0v) is 23.7. The number of ether oxygens (including phenoxy) is 2. The average Bonchev–Trinajstić information content (AvgIpc) is 3.44. The zero-order valence-electron chi connectivity index (χ0n) is 23.7. The molecule has 1 N–H and O–H groups in total. The number of methoxy groups -OCH3 is 1. The van der Waals surface area contributed by atoms with E-state index in [0.717, 1.165) is 24.2 Å². The SMILES string of the molecule is CC.CCN(C)CC.COc1nc(C#N)cc2c1C1(O)CCC(c3ccccc3)C1(c1ccc(C#N)cc1)O2. The first-order chi connectivity index (χ1) is 18.9. The molecule has 2 heterocycles. The summed E-state index contributed by atoms with van der Waals surface area (Å²) in [7, 11) is 3.58. The maximum Gasteiger partial charge on any atom is 0.224 e. The maximum absolute atomic E-state index is 12.2. The average molecular weight is 527 g/mol. The van der Waals surface area contributed by atoms with Crippen LogP contribution in [0.5, 0.6) is 11.6 Å². The predicted molar refractivity (Wildman–Crippen MR) is 151 cm³/mol. The molecule has 0 spiro atoms. The number of aliphatic hydroxyl groups is 1. The Hall–Kier alpha value is -3.91. The van der Waals surface area contributed by atoms with Gasteiger partial charge in [-0.2, -0.15) is 10.5 Å². The number of nitriles is 2. The van der Waals surface area contributed by atoms with E-state index in [1.54, 1.807) is 18.2 Å². The van der Waals surface area contributed by atoms with Gasteiger partial charge >= 0.3 is 0 Å². The molecule has 1 saturated carbocycles. The number of fused-ring (bicyclic) bond motifs is 3. The molecule has 1 aliphatic carbocycles. The maximum atomic E-state index is 12.2. The standard InChI is InChI=1S/C25H19N3O3.C5H13N.C2H6/c1-30-23-22-21(13-19(15-27)28-23)31-25(18-9-7-16(14-26)8-10-18)20(11-12-24(22,25)29)17-5-3-2-4-6-17;1-4-6(3)5-2;1-2/h2-10,13,20,29H,11-12H2,1H3;4-5H2,1-3H3;1-2H3. The van der Waals surface area contributed by atoms with Crippen molar-refractivity contribution in [3.63, 3.8) is 0 Å². The Balaban J connectivity index is 0.000000467. The number of hydrogen-bond acceptors (Lipinski definition) is 7. The Morgan fingerprint density at radius 3 is 2.21 bits per heavy atom. The minimum Gasteiger partial charge on any atom is -0.481 e. The van der Waals surface area contributed by atoms with Crippen LogP contribution in [0.25, 0.3) is 0 Å². The molecule has 0 radical (unpaired) electrons. The molecule has 1 aromatic heterocycles. The van der Waals surface area contributed by atoms with Gasteiger partial charge in [0.2, 0.25) is 5.88 Å². The molecule has 1 aliphatic heterocycles. The van der Waals surface area contributed by atoms with E-state index < -0.39 is 11.2 Å². The van der Waals surface area contributed by atoms with E-state index in [1.165, 1.54) is 7.11 Å². The number of pyridine rings is 1. The molecule has 1 fully saturated rings. The molecule has 7 heteroatoms. The summed E-state index contributed by atoms with van der Waals surface area (Å²) in [6.07, 6.45) is 1.12. The highest BCUT2D eigenvalue weighted by Gasteiger charge is 2.69. The number of rotatable bonds is 5. The lowest BCUT2D eigenvalue weighted by molar-refractivity contribution is -0.106. The van der Waals surface area contributed by atoms with Crippen molar-refractivity contribution in [3.05, 3.63) is 88.6 Å². The van der Waals surface area contributed by atoms with E-state index in [9.17, 15) is 15.6 Å². The third-order valence-corrected chi connectivity index (χ3v) is 7.57. The normalized spacial score (nSPS) is 22.1. The van der Waals surface area contributed by atoms with E-state index in [2.05, 4.69) is 36.8 Å². The summed E-state index contributed by atoms with van der Waals surface area (Å²) < 4.78 is 12.1. The molecule has 0 amide bonds. The Labute approximate surface area is 232 Å². The summed E-state index contributed by atoms with van der Waals surface area (Å²) in [6, 6.07) is 22.8. The fourth-order valence-electron chi connectivity index (χ4n) is 5.44. The van der Waals surface area contributed by atoms with E-state index in [1.807, 2.05) is 62.4 Å². The van der Waals surface area contributed by atoms with Gasteiger partial charge < -0.3 is 19.5 Å². The van der Waals surface area contributed by atoms with Crippen LogP contribution in [-0.2, 0) is 11.2 Å². The predicted octanol–water partition coefficient (Wildman–Crippen LogP) is 5.87. The summed E-state index contributed by atoms with van der Waals surface area (Å²) in [5.74, 6) is 0.436. The van der Waals surface area contributed by atoms with E-state index in [4.69, 9.17) is 9.47 Å². The second kappa shape index (κ2) is 12.8. The molecule has 3 atom stereocenters. The highest BCUT2D eigenvalue weighted by atomic mass is 16.5. The summed E-state index contributed by atoms with van der Waals surface area (Å²) in [4.78, 5) is 6.52. The molecular weight excluding hydrogens is 488 g/mol. The van der Waals surface area contributed by atoms with Gasteiger partial charge in [0.15, 0.2) is 5.60 Å². The minimum absolute atomic E-state index is 0.158. The van der Waals surface area contributed by atoms with Crippen molar-refractivity contribution in [1.29, 1.82) is 10.5 Å². The highest BCUT2D eigenvalue weighted by molar-refractivity contribution is 5.58. The lowest BCUT2D eigenvalue weighted by Gasteiger charge is -2.40. The molecule has 39 heavy (non-hydrogen) atoms. The third-order valence-electron chi connectivity index (χ3n) is 7.57. The summed E-state index contributed by atoms with van der Waals surface area (Å²) in [5, 5.41) is 30.9. The van der Waals surface area contributed by atoms with Crippen molar-refractivity contribution in [2.45, 2.75) is 57.7 Å². The first kappa shape index (κ1) is 29.6. The molecule has 2 aromatic carbocycles. The van der Waals surface area contributed by atoms with Crippen LogP contribution in [0.1, 0.15) is 74.4 Å². The first-order valence-electron chi connectivity index (χ1n) is 13.5.